The highest BCUT2D eigenvalue weighted by atomic mass is 32.2. The Morgan fingerprint density at radius 2 is 1.96 bits per heavy atom. The molecule has 0 saturated carbocycles. The van der Waals surface area contributed by atoms with Crippen molar-refractivity contribution >= 4 is 27.6 Å². The minimum atomic E-state index is -1.23. The van der Waals surface area contributed by atoms with Crippen LogP contribution in [0.2, 0.25) is 0 Å². The van der Waals surface area contributed by atoms with Crippen LogP contribution in [0, 0.1) is 0 Å². The second-order valence-corrected chi connectivity index (χ2v) is 6.16. The van der Waals surface area contributed by atoms with Gasteiger partial charge in [-0.05, 0) is 24.3 Å². The SMILES string of the molecule is CNC(=O)c1cc(Oc2ccc3nc(S(C)=O)ncc3c2)ccn1. The number of nitrogens with one attached hydrogen (secondary N) is 1. The molecule has 0 saturated heterocycles. The van der Waals surface area contributed by atoms with E-state index >= 15 is 0 Å². The molecule has 0 aliphatic rings. The number of rotatable bonds is 4. The second-order valence-electron chi connectivity index (χ2n) is 4.89. The van der Waals surface area contributed by atoms with E-state index in [4.69, 9.17) is 4.74 Å². The van der Waals surface area contributed by atoms with Crippen LogP contribution in [-0.2, 0) is 10.8 Å². The van der Waals surface area contributed by atoms with Gasteiger partial charge in [-0.3, -0.25) is 14.0 Å². The number of ether oxygens (including phenoxy) is 1. The first-order valence-electron chi connectivity index (χ1n) is 7.03. The molecule has 7 nitrogen and oxygen atoms in total. The molecule has 24 heavy (non-hydrogen) atoms. The quantitative estimate of drug-likeness (QED) is 0.728. The van der Waals surface area contributed by atoms with E-state index in [0.717, 1.165) is 5.39 Å². The smallest absolute Gasteiger partial charge is 0.269 e. The summed E-state index contributed by atoms with van der Waals surface area (Å²) in [4.78, 5) is 23.9. The number of amides is 1. The minimum Gasteiger partial charge on any atom is -0.457 e. The van der Waals surface area contributed by atoms with Crippen molar-refractivity contribution in [3.63, 3.8) is 0 Å². The van der Waals surface area contributed by atoms with Crippen LogP contribution in [0.3, 0.4) is 0 Å². The van der Waals surface area contributed by atoms with Crippen molar-refractivity contribution in [3.05, 3.63) is 48.4 Å². The van der Waals surface area contributed by atoms with E-state index in [-0.39, 0.29) is 11.6 Å². The Balaban J connectivity index is 1.89. The van der Waals surface area contributed by atoms with Crippen molar-refractivity contribution in [2.75, 3.05) is 13.3 Å². The van der Waals surface area contributed by atoms with Crippen molar-refractivity contribution in [2.24, 2.45) is 0 Å². The van der Waals surface area contributed by atoms with Gasteiger partial charge in [0.1, 0.15) is 17.2 Å². The van der Waals surface area contributed by atoms with Gasteiger partial charge in [0.2, 0.25) is 5.16 Å². The number of hydrogen-bond acceptors (Lipinski definition) is 6. The Morgan fingerprint density at radius 3 is 2.71 bits per heavy atom. The molecule has 0 aliphatic heterocycles. The fourth-order valence-corrected chi connectivity index (χ4v) is 2.49. The average molecular weight is 342 g/mol. The van der Waals surface area contributed by atoms with Crippen molar-refractivity contribution in [1.29, 1.82) is 0 Å². The summed E-state index contributed by atoms with van der Waals surface area (Å²) in [7, 11) is 0.312. The van der Waals surface area contributed by atoms with Gasteiger partial charge in [0, 0.05) is 37.1 Å². The van der Waals surface area contributed by atoms with E-state index in [2.05, 4.69) is 20.3 Å². The van der Waals surface area contributed by atoms with Gasteiger partial charge in [-0.2, -0.15) is 0 Å². The molecule has 1 unspecified atom stereocenters. The molecule has 122 valence electrons. The van der Waals surface area contributed by atoms with E-state index in [9.17, 15) is 9.00 Å². The summed E-state index contributed by atoms with van der Waals surface area (Å²) in [5.74, 6) is 0.785. The standard InChI is InChI=1S/C16H14N4O3S/c1-17-15(21)14-8-12(5-6-18-14)23-11-3-4-13-10(7-11)9-19-16(20-13)24(2)22/h3-9H,1-2H3,(H,17,21). The summed E-state index contributed by atoms with van der Waals surface area (Å²) in [5, 5.41) is 3.57. The molecule has 8 heteroatoms. The summed E-state index contributed by atoms with van der Waals surface area (Å²) in [6, 6.07) is 8.51. The number of nitrogens with zero attached hydrogens (tertiary/aromatic N) is 3. The Labute approximate surface area is 140 Å². The number of carbonyl (C=O) groups is 1. The summed E-state index contributed by atoms with van der Waals surface area (Å²) >= 11 is 0. The zero-order valence-electron chi connectivity index (χ0n) is 13.0. The molecule has 1 amide bonds. The van der Waals surface area contributed by atoms with Crippen LogP contribution >= 0.6 is 0 Å². The molecule has 0 aliphatic carbocycles. The lowest BCUT2D eigenvalue weighted by Gasteiger charge is -2.08. The lowest BCUT2D eigenvalue weighted by molar-refractivity contribution is 0.0958. The third kappa shape index (κ3) is 3.38. The first-order chi connectivity index (χ1) is 11.6. The fraction of sp³-hybridized carbons (Fsp3) is 0.125. The van der Waals surface area contributed by atoms with Crippen molar-refractivity contribution in [2.45, 2.75) is 5.16 Å². The minimum absolute atomic E-state index is 0.272. The van der Waals surface area contributed by atoms with Crippen LogP contribution in [0.5, 0.6) is 11.5 Å². The zero-order valence-corrected chi connectivity index (χ0v) is 13.8. The highest BCUT2D eigenvalue weighted by Gasteiger charge is 2.08. The molecule has 1 aromatic carbocycles. The average Bonchev–Trinajstić information content (AvgIpc) is 2.60. The normalized spacial score (nSPS) is 11.9. The monoisotopic (exact) mass is 342 g/mol. The molecule has 0 spiro atoms. The number of aromatic nitrogens is 3. The van der Waals surface area contributed by atoms with Crippen LogP contribution in [0.4, 0.5) is 0 Å². The van der Waals surface area contributed by atoms with Crippen molar-refractivity contribution in [1.82, 2.24) is 20.3 Å². The van der Waals surface area contributed by atoms with Crippen LogP contribution in [0.1, 0.15) is 10.5 Å². The van der Waals surface area contributed by atoms with Gasteiger partial charge in [-0.15, -0.1) is 0 Å². The summed E-state index contributed by atoms with van der Waals surface area (Å²) in [5.41, 5.74) is 0.956. The molecule has 3 aromatic rings. The van der Waals surface area contributed by atoms with E-state index in [0.29, 0.717) is 22.2 Å². The number of fused-ring (bicyclic) bond motifs is 1. The molecule has 1 N–H and O–H groups in total. The van der Waals surface area contributed by atoms with Crippen molar-refractivity contribution in [3.8, 4) is 11.5 Å². The second kappa shape index (κ2) is 6.71. The molecular weight excluding hydrogens is 328 g/mol. The van der Waals surface area contributed by atoms with Gasteiger partial charge >= 0.3 is 0 Å². The highest BCUT2D eigenvalue weighted by molar-refractivity contribution is 7.84. The molecule has 1 atom stereocenters. The predicted octanol–water partition coefficient (Wildman–Crippen LogP) is 1.91. The van der Waals surface area contributed by atoms with Crippen LogP contribution in [-0.4, -0.2) is 38.4 Å². The fourth-order valence-electron chi connectivity index (χ4n) is 2.06. The van der Waals surface area contributed by atoms with Gasteiger partial charge < -0.3 is 10.1 Å². The predicted molar refractivity (Wildman–Crippen MR) is 89.6 cm³/mol. The third-order valence-corrected chi connectivity index (χ3v) is 3.92. The lowest BCUT2D eigenvalue weighted by atomic mass is 10.2. The van der Waals surface area contributed by atoms with Crippen LogP contribution < -0.4 is 10.1 Å². The van der Waals surface area contributed by atoms with Crippen LogP contribution in [0.15, 0.2) is 47.9 Å². The lowest BCUT2D eigenvalue weighted by Crippen LogP contribution is -2.18. The molecule has 0 bridgehead atoms. The summed E-state index contributed by atoms with van der Waals surface area (Å²) in [6.45, 7) is 0. The topological polar surface area (TPSA) is 94.1 Å². The van der Waals surface area contributed by atoms with Gasteiger partial charge in [-0.1, -0.05) is 0 Å². The van der Waals surface area contributed by atoms with E-state index in [1.807, 2.05) is 0 Å². The third-order valence-electron chi connectivity index (χ3n) is 3.21. The number of benzene rings is 1. The molecule has 3 rings (SSSR count). The highest BCUT2D eigenvalue weighted by Crippen LogP contribution is 2.25. The van der Waals surface area contributed by atoms with Gasteiger partial charge in [0.05, 0.1) is 16.3 Å². The first kappa shape index (κ1) is 16.0. The molecule has 2 heterocycles. The Bertz CT molecular complexity index is 946. The van der Waals surface area contributed by atoms with Gasteiger partial charge in [0.15, 0.2) is 0 Å². The maximum Gasteiger partial charge on any atom is 0.269 e. The Morgan fingerprint density at radius 1 is 1.17 bits per heavy atom. The maximum absolute atomic E-state index is 11.6. The van der Waals surface area contributed by atoms with E-state index < -0.39 is 10.8 Å². The Kier molecular flexibility index (Phi) is 4.48. The molecule has 0 fully saturated rings. The largest absolute Gasteiger partial charge is 0.457 e. The summed E-state index contributed by atoms with van der Waals surface area (Å²) in [6.07, 6.45) is 4.65. The summed E-state index contributed by atoms with van der Waals surface area (Å²) < 4.78 is 17.2. The van der Waals surface area contributed by atoms with Gasteiger partial charge in [0.25, 0.3) is 5.91 Å². The molecule has 0 radical (unpaired) electrons. The first-order valence-corrected chi connectivity index (χ1v) is 8.59. The number of carbonyl (C=O) groups excluding carboxylic acids is 1. The number of pyridine rings is 1. The molecular formula is C16H14N4O3S. The van der Waals surface area contributed by atoms with Crippen LogP contribution in [0.25, 0.3) is 10.9 Å². The Hall–Kier alpha value is -2.87. The maximum atomic E-state index is 11.6. The zero-order chi connectivity index (χ0) is 17.1. The molecule has 2 aromatic heterocycles. The number of hydrogen-bond donors (Lipinski definition) is 1. The van der Waals surface area contributed by atoms with E-state index in [1.54, 1.807) is 43.6 Å². The van der Waals surface area contributed by atoms with Crippen molar-refractivity contribution < 1.29 is 13.7 Å². The van der Waals surface area contributed by atoms with E-state index in [1.165, 1.54) is 12.5 Å². The van der Waals surface area contributed by atoms with Gasteiger partial charge in [-0.25, -0.2) is 9.97 Å².